The highest BCUT2D eigenvalue weighted by molar-refractivity contribution is 5.46. The summed E-state index contributed by atoms with van der Waals surface area (Å²) in [6.07, 6.45) is 5.59. The number of rotatable bonds is 8. The van der Waals surface area contributed by atoms with Crippen LogP contribution in [0.2, 0.25) is 0 Å². The van der Waals surface area contributed by atoms with Crippen LogP contribution in [0.15, 0.2) is 6.07 Å². The molecule has 29 heavy (non-hydrogen) atoms. The van der Waals surface area contributed by atoms with Gasteiger partial charge in [0.25, 0.3) is 0 Å². The van der Waals surface area contributed by atoms with Crippen LogP contribution >= 0.6 is 0 Å². The zero-order chi connectivity index (χ0) is 20.9. The van der Waals surface area contributed by atoms with Gasteiger partial charge in [-0.15, -0.1) is 0 Å². The third kappa shape index (κ3) is 6.12. The minimum absolute atomic E-state index is 0.0851. The van der Waals surface area contributed by atoms with Crippen LogP contribution < -0.4 is 10.2 Å². The zero-order valence-electron chi connectivity index (χ0n) is 18.5. The van der Waals surface area contributed by atoms with Crippen LogP contribution in [0, 0.1) is 5.92 Å². The molecule has 1 amide bonds. The third-order valence-electron chi connectivity index (χ3n) is 6.12. The van der Waals surface area contributed by atoms with E-state index in [4.69, 9.17) is 14.7 Å². The molecule has 0 aromatic carbocycles. The number of methoxy groups -OCH3 is 1. The molecular weight excluding hydrogens is 366 g/mol. The minimum Gasteiger partial charge on any atom is -0.378 e. The molecular formula is C22H37N5O2. The van der Waals surface area contributed by atoms with Crippen LogP contribution in [0.1, 0.15) is 58.0 Å². The summed E-state index contributed by atoms with van der Waals surface area (Å²) < 4.78 is 5.32. The van der Waals surface area contributed by atoms with Gasteiger partial charge in [-0.3, -0.25) is 9.69 Å². The van der Waals surface area contributed by atoms with E-state index in [1.54, 1.807) is 7.11 Å². The summed E-state index contributed by atoms with van der Waals surface area (Å²) in [4.78, 5) is 25.1. The van der Waals surface area contributed by atoms with E-state index >= 15 is 0 Å². The quantitative estimate of drug-likeness (QED) is 0.672. The summed E-state index contributed by atoms with van der Waals surface area (Å²) in [6.45, 7) is 12.2. The van der Waals surface area contributed by atoms with Crippen LogP contribution in [0.3, 0.4) is 0 Å². The molecule has 162 valence electrons. The van der Waals surface area contributed by atoms with E-state index in [0.717, 1.165) is 75.2 Å². The fraction of sp³-hybridized carbons (Fsp3) is 0.773. The number of piperazine rings is 1. The van der Waals surface area contributed by atoms with E-state index in [1.807, 2.05) is 0 Å². The van der Waals surface area contributed by atoms with Gasteiger partial charge in [0.1, 0.15) is 11.6 Å². The van der Waals surface area contributed by atoms with E-state index in [1.165, 1.54) is 12.8 Å². The van der Waals surface area contributed by atoms with Crippen LogP contribution in [0.25, 0.3) is 0 Å². The predicted molar refractivity (Wildman–Crippen MR) is 115 cm³/mol. The van der Waals surface area contributed by atoms with Crippen LogP contribution in [0.4, 0.5) is 5.82 Å². The SMILES string of the molecule is COCc1cc(N2CCN(CCC3CCC(NC=O)C3)CC2)nc(C(C)(C)C)n1. The van der Waals surface area contributed by atoms with Gasteiger partial charge in [0.05, 0.1) is 12.3 Å². The summed E-state index contributed by atoms with van der Waals surface area (Å²) in [5.74, 6) is 2.65. The lowest BCUT2D eigenvalue weighted by Gasteiger charge is -2.36. The molecule has 1 aliphatic carbocycles. The molecule has 2 atom stereocenters. The van der Waals surface area contributed by atoms with Gasteiger partial charge in [-0.2, -0.15) is 0 Å². The van der Waals surface area contributed by atoms with Crippen LogP contribution in [-0.2, 0) is 21.6 Å². The second kappa shape index (κ2) is 9.85. The van der Waals surface area contributed by atoms with Crippen LogP contribution in [-0.4, -0.2) is 67.2 Å². The number of nitrogens with one attached hydrogen (secondary N) is 1. The number of amides is 1. The number of ether oxygens (including phenoxy) is 1. The highest BCUT2D eigenvalue weighted by atomic mass is 16.5. The van der Waals surface area contributed by atoms with Crippen molar-refractivity contribution in [1.29, 1.82) is 0 Å². The fourth-order valence-corrected chi connectivity index (χ4v) is 4.35. The van der Waals surface area contributed by atoms with Gasteiger partial charge in [-0.1, -0.05) is 20.8 Å². The monoisotopic (exact) mass is 403 g/mol. The standard InChI is InChI=1S/C22H37N5O2/c1-22(2,3)21-24-19(15-29-4)14-20(25-21)27-11-9-26(10-12-27)8-7-17-5-6-18(13-17)23-16-28/h14,16-18H,5-13,15H2,1-4H3,(H,23,28). The van der Waals surface area contributed by atoms with E-state index in [0.29, 0.717) is 12.6 Å². The van der Waals surface area contributed by atoms with Crippen molar-refractivity contribution < 1.29 is 9.53 Å². The van der Waals surface area contributed by atoms with Crippen molar-refractivity contribution in [3.63, 3.8) is 0 Å². The van der Waals surface area contributed by atoms with Gasteiger partial charge in [0.15, 0.2) is 0 Å². The second-order valence-corrected chi connectivity index (χ2v) is 9.50. The number of nitrogens with zero attached hydrogens (tertiary/aromatic N) is 4. The normalized spacial score (nSPS) is 23.4. The Labute approximate surface area is 175 Å². The van der Waals surface area contributed by atoms with Crippen molar-refractivity contribution >= 4 is 12.2 Å². The van der Waals surface area contributed by atoms with Gasteiger partial charge in [0, 0.05) is 50.8 Å². The van der Waals surface area contributed by atoms with Gasteiger partial charge < -0.3 is 15.0 Å². The lowest BCUT2D eigenvalue weighted by Crippen LogP contribution is -2.47. The molecule has 0 bridgehead atoms. The molecule has 0 radical (unpaired) electrons. The number of hydrogen-bond acceptors (Lipinski definition) is 6. The molecule has 1 aromatic heterocycles. The van der Waals surface area contributed by atoms with Crippen LogP contribution in [0.5, 0.6) is 0 Å². The average Bonchev–Trinajstić information content (AvgIpc) is 3.14. The largest absolute Gasteiger partial charge is 0.378 e. The van der Waals surface area contributed by atoms with Crippen molar-refractivity contribution in [3.8, 4) is 0 Å². The molecule has 2 fully saturated rings. The maximum Gasteiger partial charge on any atom is 0.207 e. The van der Waals surface area contributed by atoms with E-state index < -0.39 is 0 Å². The van der Waals surface area contributed by atoms with Crippen molar-refractivity contribution in [2.24, 2.45) is 5.92 Å². The summed E-state index contributed by atoms with van der Waals surface area (Å²) in [5.41, 5.74) is 0.864. The average molecular weight is 404 g/mol. The molecule has 2 unspecified atom stereocenters. The molecule has 3 rings (SSSR count). The molecule has 1 saturated heterocycles. The molecule has 1 saturated carbocycles. The molecule has 1 N–H and O–H groups in total. The van der Waals surface area contributed by atoms with Gasteiger partial charge >= 0.3 is 0 Å². The Morgan fingerprint density at radius 3 is 2.62 bits per heavy atom. The molecule has 7 heteroatoms. The first-order valence-electron chi connectivity index (χ1n) is 10.9. The summed E-state index contributed by atoms with van der Waals surface area (Å²) in [7, 11) is 1.71. The van der Waals surface area contributed by atoms with E-state index in [9.17, 15) is 4.79 Å². The molecule has 1 aliphatic heterocycles. The Hall–Kier alpha value is -1.73. The van der Waals surface area contributed by atoms with Crippen molar-refractivity contribution in [1.82, 2.24) is 20.2 Å². The predicted octanol–water partition coefficient (Wildman–Crippen LogP) is 2.35. The van der Waals surface area contributed by atoms with E-state index in [2.05, 4.69) is 42.0 Å². The summed E-state index contributed by atoms with van der Waals surface area (Å²) in [5, 5.41) is 2.94. The lowest BCUT2D eigenvalue weighted by molar-refractivity contribution is -0.110. The number of hydrogen-bond donors (Lipinski definition) is 1. The Balaban J connectivity index is 1.52. The summed E-state index contributed by atoms with van der Waals surface area (Å²) in [6, 6.07) is 2.47. The van der Waals surface area contributed by atoms with E-state index in [-0.39, 0.29) is 5.41 Å². The minimum atomic E-state index is -0.0851. The third-order valence-corrected chi connectivity index (χ3v) is 6.12. The van der Waals surface area contributed by atoms with Crippen molar-refractivity contribution in [2.45, 2.75) is 64.5 Å². The molecule has 2 heterocycles. The summed E-state index contributed by atoms with van der Waals surface area (Å²) >= 11 is 0. The Morgan fingerprint density at radius 1 is 1.21 bits per heavy atom. The maximum absolute atomic E-state index is 10.6. The Kier molecular flexibility index (Phi) is 7.46. The first kappa shape index (κ1) is 22.0. The van der Waals surface area contributed by atoms with Crippen molar-refractivity contribution in [3.05, 3.63) is 17.6 Å². The molecule has 1 aromatic rings. The highest BCUT2D eigenvalue weighted by Gasteiger charge is 2.26. The van der Waals surface area contributed by atoms with Gasteiger partial charge in [-0.25, -0.2) is 9.97 Å². The highest BCUT2D eigenvalue weighted by Crippen LogP contribution is 2.28. The second-order valence-electron chi connectivity index (χ2n) is 9.50. The van der Waals surface area contributed by atoms with Crippen molar-refractivity contribution in [2.75, 3.05) is 44.7 Å². The van der Waals surface area contributed by atoms with Gasteiger partial charge in [0.2, 0.25) is 6.41 Å². The lowest BCUT2D eigenvalue weighted by atomic mass is 9.95. The Morgan fingerprint density at radius 2 is 1.97 bits per heavy atom. The molecule has 2 aliphatic rings. The number of aromatic nitrogens is 2. The molecule has 7 nitrogen and oxygen atoms in total. The first-order valence-corrected chi connectivity index (χ1v) is 10.9. The number of anilines is 1. The fourth-order valence-electron chi connectivity index (χ4n) is 4.35. The topological polar surface area (TPSA) is 70.6 Å². The maximum atomic E-state index is 10.6. The molecule has 0 spiro atoms. The first-order chi connectivity index (χ1) is 13.9. The smallest absolute Gasteiger partial charge is 0.207 e. The Bertz CT molecular complexity index is 668. The number of carbonyl (C=O) groups excluding carboxylic acids is 1. The van der Waals surface area contributed by atoms with Gasteiger partial charge in [-0.05, 0) is 38.1 Å². The number of carbonyl (C=O) groups is 1. The zero-order valence-corrected chi connectivity index (χ0v) is 18.5.